The van der Waals surface area contributed by atoms with Crippen LogP contribution in [0.4, 0.5) is 17.6 Å². The molecule has 4 aromatic heterocycles. The molecule has 2 saturated heterocycles. The van der Waals surface area contributed by atoms with E-state index in [1.807, 2.05) is 54.9 Å². The van der Waals surface area contributed by atoms with E-state index in [1.54, 1.807) is 17.2 Å². The molecule has 0 unspecified atom stereocenters. The minimum absolute atomic E-state index is 0.00962. The molecule has 206 valence electrons. The van der Waals surface area contributed by atoms with Crippen LogP contribution in [0, 0.1) is 0 Å². The molecule has 0 bridgehead atoms. The zero-order chi connectivity index (χ0) is 27.4. The van der Waals surface area contributed by atoms with Gasteiger partial charge >= 0.3 is 0 Å². The number of fused-ring (bicyclic) bond motifs is 2. The van der Waals surface area contributed by atoms with Crippen LogP contribution in [0.3, 0.4) is 0 Å². The zero-order valence-corrected chi connectivity index (χ0v) is 22.5. The first-order chi connectivity index (χ1) is 20.1. The molecule has 3 aliphatic rings. The molecule has 3 N–H and O–H groups in total. The third-order valence-electron chi connectivity index (χ3n) is 8.48. The minimum atomic E-state index is -0.758. The number of β-amino-alcohol motifs (C(OH)–C–C–N with tert-alkyl or cyclic N) is 1. The Morgan fingerprint density at radius 1 is 1.02 bits per heavy atom. The first-order valence-electron chi connectivity index (χ1n) is 14.2. The monoisotopic (exact) mass is 546 g/mol. The van der Waals surface area contributed by atoms with E-state index >= 15 is 0 Å². The largest absolute Gasteiger partial charge is 0.386 e. The maximum Gasteiger partial charge on any atom is 0.248 e. The minimum Gasteiger partial charge on any atom is -0.386 e. The molecule has 41 heavy (non-hydrogen) atoms. The number of nitrogens with one attached hydrogen (secondary N) is 2. The van der Waals surface area contributed by atoms with Gasteiger partial charge in [-0.2, -0.15) is 4.98 Å². The first kappa shape index (κ1) is 24.3. The van der Waals surface area contributed by atoms with E-state index in [-0.39, 0.29) is 6.04 Å². The number of hydrogen-bond donors (Lipinski definition) is 3. The summed E-state index contributed by atoms with van der Waals surface area (Å²) in [4.78, 5) is 26.0. The van der Waals surface area contributed by atoms with Crippen molar-refractivity contribution in [3.8, 4) is 17.1 Å². The lowest BCUT2D eigenvalue weighted by atomic mass is 9.89. The highest BCUT2D eigenvalue weighted by atomic mass is 16.3. The molecule has 11 nitrogen and oxygen atoms in total. The number of benzene rings is 1. The van der Waals surface area contributed by atoms with E-state index in [9.17, 15) is 5.11 Å². The van der Waals surface area contributed by atoms with Crippen molar-refractivity contribution in [1.82, 2.24) is 40.0 Å². The molecule has 2 atom stereocenters. The Morgan fingerprint density at radius 2 is 1.93 bits per heavy atom. The molecule has 1 aromatic carbocycles. The summed E-state index contributed by atoms with van der Waals surface area (Å²) < 4.78 is 1.72. The van der Waals surface area contributed by atoms with Crippen LogP contribution in [0.2, 0.25) is 0 Å². The van der Waals surface area contributed by atoms with E-state index < -0.39 is 5.60 Å². The lowest BCUT2D eigenvalue weighted by Crippen LogP contribution is -2.56. The second kappa shape index (κ2) is 9.57. The standard InChI is InChI=1S/C30H30N10O/c41-30-10-13-39(24(30)9-11-31-17-30)28-26-22(19-6-7-19)15-32-16-23(26)35-27(37-28)20-8-12-33-25(14-20)36-29-34-18-40(38-29)21-4-2-1-3-5-21/h1-5,8,12,14-16,18-19,24,31,41H,6-7,9-11,13,17H2,(H,33,36,38)/t24-,30-/m0/s1. The molecule has 2 aliphatic heterocycles. The lowest BCUT2D eigenvalue weighted by Gasteiger charge is -2.39. The van der Waals surface area contributed by atoms with Crippen LogP contribution in [0.25, 0.3) is 28.0 Å². The van der Waals surface area contributed by atoms with Crippen molar-refractivity contribution in [1.29, 1.82) is 0 Å². The first-order valence-corrected chi connectivity index (χ1v) is 14.2. The molecule has 1 aliphatic carbocycles. The number of para-hydroxylation sites is 1. The number of nitrogens with zero attached hydrogens (tertiary/aromatic N) is 8. The number of aromatic nitrogens is 7. The van der Waals surface area contributed by atoms with Gasteiger partial charge in [0.15, 0.2) is 5.82 Å². The third kappa shape index (κ3) is 4.37. The van der Waals surface area contributed by atoms with E-state index in [0.717, 1.165) is 60.3 Å². The van der Waals surface area contributed by atoms with Crippen LogP contribution in [-0.4, -0.2) is 71.1 Å². The Kier molecular flexibility index (Phi) is 5.68. The molecule has 8 rings (SSSR count). The summed E-state index contributed by atoms with van der Waals surface area (Å²) in [7, 11) is 0. The maximum absolute atomic E-state index is 11.5. The smallest absolute Gasteiger partial charge is 0.248 e. The van der Waals surface area contributed by atoms with Crippen LogP contribution in [0.5, 0.6) is 0 Å². The summed E-state index contributed by atoms with van der Waals surface area (Å²) in [5, 5.41) is 23.6. The highest BCUT2D eigenvalue weighted by Gasteiger charge is 2.48. The van der Waals surface area contributed by atoms with Crippen LogP contribution in [0.15, 0.2) is 67.4 Å². The molecule has 3 fully saturated rings. The van der Waals surface area contributed by atoms with Gasteiger partial charge in [0.2, 0.25) is 5.95 Å². The van der Waals surface area contributed by atoms with E-state index in [1.165, 1.54) is 5.56 Å². The molecule has 6 heterocycles. The van der Waals surface area contributed by atoms with Crippen molar-refractivity contribution in [3.63, 3.8) is 0 Å². The average molecular weight is 547 g/mol. The number of rotatable bonds is 6. The summed E-state index contributed by atoms with van der Waals surface area (Å²) in [5.41, 5.74) is 3.03. The second-order valence-corrected chi connectivity index (χ2v) is 11.2. The van der Waals surface area contributed by atoms with Crippen LogP contribution in [0.1, 0.15) is 37.2 Å². The number of aliphatic hydroxyl groups is 1. The van der Waals surface area contributed by atoms with Crippen molar-refractivity contribution >= 4 is 28.5 Å². The highest BCUT2D eigenvalue weighted by molar-refractivity contribution is 5.94. The normalized spacial score (nSPS) is 22.2. The van der Waals surface area contributed by atoms with E-state index in [0.29, 0.717) is 36.5 Å². The summed E-state index contributed by atoms with van der Waals surface area (Å²) >= 11 is 0. The molecular weight excluding hydrogens is 516 g/mol. The van der Waals surface area contributed by atoms with E-state index in [2.05, 4.69) is 35.6 Å². The summed E-state index contributed by atoms with van der Waals surface area (Å²) in [5.74, 6) is 3.02. The van der Waals surface area contributed by atoms with Crippen molar-refractivity contribution < 1.29 is 5.11 Å². The molecule has 0 spiro atoms. The molecular formula is C30H30N10O. The van der Waals surface area contributed by atoms with Crippen molar-refractivity contribution in [2.75, 3.05) is 29.9 Å². The average Bonchev–Trinajstić information content (AvgIpc) is 3.65. The number of anilines is 3. The van der Waals surface area contributed by atoms with Gasteiger partial charge in [-0.05, 0) is 68.0 Å². The van der Waals surface area contributed by atoms with Crippen molar-refractivity contribution in [2.45, 2.75) is 43.2 Å². The SMILES string of the molecule is O[C@]12CCN(c3nc(-c4ccnc(Nc5ncn(-c6ccccc6)n5)c4)nc4cncc(C5CC5)c34)[C@H]1CCNC2. The number of hydrogen-bond acceptors (Lipinski definition) is 10. The van der Waals surface area contributed by atoms with Crippen LogP contribution in [-0.2, 0) is 0 Å². The summed E-state index contributed by atoms with van der Waals surface area (Å²) in [6.07, 6.45) is 11.1. The van der Waals surface area contributed by atoms with Gasteiger partial charge in [-0.1, -0.05) is 18.2 Å². The maximum atomic E-state index is 11.5. The fourth-order valence-corrected chi connectivity index (χ4v) is 6.26. The Balaban J connectivity index is 1.18. The molecule has 11 heteroatoms. The Morgan fingerprint density at radius 3 is 2.80 bits per heavy atom. The van der Waals surface area contributed by atoms with Gasteiger partial charge in [-0.15, -0.1) is 5.10 Å². The zero-order valence-electron chi connectivity index (χ0n) is 22.5. The highest BCUT2D eigenvalue weighted by Crippen LogP contribution is 2.46. The molecule has 0 amide bonds. The number of piperidine rings is 1. The molecule has 5 aromatic rings. The van der Waals surface area contributed by atoms with Crippen molar-refractivity contribution in [3.05, 3.63) is 72.9 Å². The predicted molar refractivity (Wildman–Crippen MR) is 155 cm³/mol. The van der Waals surface area contributed by atoms with Crippen molar-refractivity contribution in [2.24, 2.45) is 0 Å². The second-order valence-electron chi connectivity index (χ2n) is 11.2. The van der Waals surface area contributed by atoms with Gasteiger partial charge in [0.25, 0.3) is 0 Å². The van der Waals surface area contributed by atoms with Gasteiger partial charge in [0, 0.05) is 36.4 Å². The molecule has 0 radical (unpaired) electrons. The van der Waals surface area contributed by atoms with Gasteiger partial charge in [-0.25, -0.2) is 19.6 Å². The topological polar surface area (TPSA) is 130 Å². The Labute approximate surface area is 236 Å². The third-order valence-corrected chi connectivity index (χ3v) is 8.48. The van der Waals surface area contributed by atoms with Gasteiger partial charge in [0.1, 0.15) is 18.0 Å². The lowest BCUT2D eigenvalue weighted by molar-refractivity contribution is 0.0159. The van der Waals surface area contributed by atoms with E-state index in [4.69, 9.17) is 9.97 Å². The van der Waals surface area contributed by atoms with Gasteiger partial charge in [-0.3, -0.25) is 4.98 Å². The van der Waals surface area contributed by atoms with Crippen LogP contribution < -0.4 is 15.5 Å². The number of pyridine rings is 2. The Hall–Kier alpha value is -4.48. The van der Waals surface area contributed by atoms with Gasteiger partial charge < -0.3 is 20.6 Å². The fraction of sp³-hybridized carbons (Fsp3) is 0.333. The van der Waals surface area contributed by atoms with Gasteiger partial charge in [0.05, 0.1) is 29.0 Å². The summed E-state index contributed by atoms with van der Waals surface area (Å²) in [6.45, 7) is 2.23. The Bertz CT molecular complexity index is 1740. The predicted octanol–water partition coefficient (Wildman–Crippen LogP) is 3.59. The fourth-order valence-electron chi connectivity index (χ4n) is 6.26. The summed E-state index contributed by atoms with van der Waals surface area (Å²) in [6, 6.07) is 13.7. The molecule has 1 saturated carbocycles. The van der Waals surface area contributed by atoms with Crippen LogP contribution >= 0.6 is 0 Å². The quantitative estimate of drug-likeness (QED) is 0.290.